The van der Waals surface area contributed by atoms with Gasteiger partial charge in [-0.05, 0) is 85.3 Å². The summed E-state index contributed by atoms with van der Waals surface area (Å²) in [5, 5.41) is 35.9. The maximum Gasteiger partial charge on any atom is 0.251 e. The second kappa shape index (κ2) is 17.1. The number of amides is 1. The molecule has 0 unspecified atom stereocenters. The van der Waals surface area contributed by atoms with E-state index < -0.39 is 17.7 Å². The average Bonchev–Trinajstić information content (AvgIpc) is 3.19. The molecule has 4 N–H and O–H groups in total. The molecular weight excluding hydrogens is 755 g/mol. The first-order chi connectivity index (χ1) is 28.2. The molecule has 2 aliphatic rings. The summed E-state index contributed by atoms with van der Waals surface area (Å²) in [6.07, 6.45) is -0.623. The van der Waals surface area contributed by atoms with Gasteiger partial charge in [0.15, 0.2) is 11.6 Å². The number of phenols is 2. The SMILES string of the molecule is Cc1ccc2c(N3CCN(C(=O)[C@H](O)CC(C)(C)C)CC3)nc(-c3c(O)cccc3F)nc2c1.Cc1ccc2c(N3CCNCC3)nc(-c3c(O)cccc3F)nc2c1. The Labute approximate surface area is 342 Å². The van der Waals surface area contributed by atoms with E-state index in [9.17, 15) is 28.9 Å². The van der Waals surface area contributed by atoms with Crippen LogP contribution in [0.25, 0.3) is 44.6 Å². The Morgan fingerprint density at radius 3 is 1.59 bits per heavy atom. The number of hydrogen-bond donors (Lipinski definition) is 4. The van der Waals surface area contributed by atoms with Gasteiger partial charge in [0.05, 0.1) is 22.2 Å². The summed E-state index contributed by atoms with van der Waals surface area (Å²) in [7, 11) is 0. The van der Waals surface area contributed by atoms with Crippen LogP contribution in [-0.2, 0) is 4.79 Å². The van der Waals surface area contributed by atoms with Crippen LogP contribution < -0.4 is 15.1 Å². The van der Waals surface area contributed by atoms with Crippen molar-refractivity contribution in [1.29, 1.82) is 0 Å². The van der Waals surface area contributed by atoms with E-state index in [0.29, 0.717) is 43.9 Å². The number of aromatic hydroxyl groups is 2. The quantitative estimate of drug-likeness (QED) is 0.142. The van der Waals surface area contributed by atoms with Gasteiger partial charge >= 0.3 is 0 Å². The molecule has 59 heavy (non-hydrogen) atoms. The Morgan fingerprint density at radius 1 is 0.695 bits per heavy atom. The number of carbonyl (C=O) groups is 1. The molecule has 0 aliphatic carbocycles. The summed E-state index contributed by atoms with van der Waals surface area (Å²) in [5.41, 5.74) is 3.34. The number of benzene rings is 4. The van der Waals surface area contributed by atoms with Crippen molar-refractivity contribution in [2.75, 3.05) is 62.2 Å². The number of fused-ring (bicyclic) bond motifs is 2. The zero-order chi connectivity index (χ0) is 42.0. The highest BCUT2D eigenvalue weighted by atomic mass is 19.1. The van der Waals surface area contributed by atoms with Gasteiger partial charge < -0.3 is 35.3 Å². The zero-order valence-corrected chi connectivity index (χ0v) is 34.0. The molecule has 2 saturated heterocycles. The Balaban J connectivity index is 0.000000187. The zero-order valence-electron chi connectivity index (χ0n) is 34.0. The number of carbonyl (C=O) groups excluding carboxylic acids is 1. The van der Waals surface area contributed by atoms with E-state index in [1.54, 1.807) is 4.90 Å². The van der Waals surface area contributed by atoms with Gasteiger partial charge in [-0.3, -0.25) is 4.79 Å². The van der Waals surface area contributed by atoms with Crippen LogP contribution in [0.5, 0.6) is 11.5 Å². The molecule has 308 valence electrons. The van der Waals surface area contributed by atoms with Crippen LogP contribution in [-0.4, -0.2) is 105 Å². The van der Waals surface area contributed by atoms with Gasteiger partial charge in [0.1, 0.15) is 40.9 Å². The molecule has 2 aliphatic heterocycles. The minimum absolute atomic E-state index is 0.0359. The number of phenolic OH excluding ortho intramolecular Hbond substituents is 2. The highest BCUT2D eigenvalue weighted by Gasteiger charge is 2.30. The third-order valence-electron chi connectivity index (χ3n) is 10.5. The molecule has 1 atom stereocenters. The number of nitrogens with zero attached hydrogens (tertiary/aromatic N) is 7. The predicted molar refractivity (Wildman–Crippen MR) is 227 cm³/mol. The third-order valence-corrected chi connectivity index (χ3v) is 10.5. The van der Waals surface area contributed by atoms with Gasteiger partial charge in [-0.15, -0.1) is 0 Å². The standard InChI is InChI=1S/C26H31FN4O3.C19H19FN4O/c1-16-8-9-17-19(14-16)28-23(22-18(27)6-5-7-20(22)32)29-24(17)30-10-12-31(13-11-30)25(34)21(33)15-26(2,3)4;1-12-5-6-13-15(11-12)22-18(17-14(20)3-2-4-16(17)25)23-19(13)24-9-7-21-8-10-24/h5-9,14,21,32-33H,10-13,15H2,1-4H3;2-6,11,21,25H,7-10H2,1H3/t21-;/m1./s1. The molecule has 2 fully saturated rings. The predicted octanol–water partition coefficient (Wildman–Crippen LogP) is 6.76. The van der Waals surface area contributed by atoms with Crippen molar-refractivity contribution in [2.45, 2.75) is 47.1 Å². The van der Waals surface area contributed by atoms with Gasteiger partial charge in [-0.1, -0.05) is 45.0 Å². The monoisotopic (exact) mass is 804 g/mol. The lowest BCUT2D eigenvalue weighted by molar-refractivity contribution is -0.142. The number of nitrogens with one attached hydrogen (secondary N) is 1. The number of rotatable bonds is 6. The van der Waals surface area contributed by atoms with Crippen LogP contribution >= 0.6 is 0 Å². The van der Waals surface area contributed by atoms with Crippen LogP contribution in [0.1, 0.15) is 38.3 Å². The van der Waals surface area contributed by atoms with Crippen molar-refractivity contribution in [3.63, 3.8) is 0 Å². The first-order valence-corrected chi connectivity index (χ1v) is 19.9. The van der Waals surface area contributed by atoms with E-state index in [-0.39, 0.29) is 45.6 Å². The fourth-order valence-electron chi connectivity index (χ4n) is 7.51. The van der Waals surface area contributed by atoms with Crippen molar-refractivity contribution in [2.24, 2.45) is 5.41 Å². The summed E-state index contributed by atoms with van der Waals surface area (Å²) in [6.45, 7) is 15.2. The number of hydrogen-bond acceptors (Lipinski definition) is 11. The van der Waals surface area contributed by atoms with Crippen LogP contribution in [0.15, 0.2) is 72.8 Å². The second-order valence-electron chi connectivity index (χ2n) is 16.4. The van der Waals surface area contributed by atoms with Gasteiger partial charge in [-0.25, -0.2) is 28.7 Å². The van der Waals surface area contributed by atoms with Crippen LogP contribution in [0.2, 0.25) is 0 Å². The molecule has 0 radical (unpaired) electrons. The van der Waals surface area contributed by atoms with E-state index in [0.717, 1.165) is 59.4 Å². The molecule has 0 saturated carbocycles. The molecule has 1 amide bonds. The van der Waals surface area contributed by atoms with E-state index in [1.807, 2.05) is 75.9 Å². The summed E-state index contributed by atoms with van der Waals surface area (Å²) in [4.78, 5) is 37.0. The molecule has 8 rings (SSSR count). The van der Waals surface area contributed by atoms with Crippen molar-refractivity contribution in [3.8, 4) is 34.3 Å². The number of aliphatic hydroxyl groups is 1. The number of aryl methyl sites for hydroxylation is 2. The highest BCUT2D eigenvalue weighted by Crippen LogP contribution is 2.36. The largest absolute Gasteiger partial charge is 0.507 e. The fraction of sp³-hybridized carbons (Fsp3) is 0.356. The van der Waals surface area contributed by atoms with Crippen molar-refractivity contribution in [3.05, 3.63) is 95.6 Å². The van der Waals surface area contributed by atoms with E-state index in [4.69, 9.17) is 0 Å². The van der Waals surface area contributed by atoms with Gasteiger partial charge in [0.25, 0.3) is 5.91 Å². The van der Waals surface area contributed by atoms with E-state index >= 15 is 0 Å². The molecule has 4 heterocycles. The summed E-state index contributed by atoms with van der Waals surface area (Å²) in [6, 6.07) is 20.2. The number of anilines is 2. The molecular formula is C45H50F2N8O4. The topological polar surface area (TPSA) is 151 Å². The molecule has 4 aromatic carbocycles. The average molecular weight is 805 g/mol. The molecule has 6 aromatic rings. The minimum Gasteiger partial charge on any atom is -0.507 e. The number of halogens is 2. The Bertz CT molecular complexity index is 2460. The number of aromatic nitrogens is 4. The third kappa shape index (κ3) is 9.18. The minimum atomic E-state index is -1.02. The maximum absolute atomic E-state index is 14.6. The molecule has 0 bridgehead atoms. The summed E-state index contributed by atoms with van der Waals surface area (Å²) in [5.74, 6) is -0.0205. The van der Waals surface area contributed by atoms with E-state index in [2.05, 4.69) is 30.2 Å². The van der Waals surface area contributed by atoms with Crippen molar-refractivity contribution < 1.29 is 28.9 Å². The van der Waals surface area contributed by atoms with Crippen molar-refractivity contribution >= 4 is 39.3 Å². The molecule has 0 spiro atoms. The Kier molecular flexibility index (Phi) is 11.9. The van der Waals surface area contributed by atoms with Crippen LogP contribution in [0.4, 0.5) is 20.4 Å². The first kappa shape index (κ1) is 41.2. The molecule has 12 nitrogen and oxygen atoms in total. The Hall–Kier alpha value is -5.99. The fourth-order valence-corrected chi connectivity index (χ4v) is 7.51. The normalized spacial score (nSPS) is 15.3. The van der Waals surface area contributed by atoms with Gasteiger partial charge in [-0.2, -0.15) is 0 Å². The van der Waals surface area contributed by atoms with Crippen LogP contribution in [0, 0.1) is 30.9 Å². The summed E-state index contributed by atoms with van der Waals surface area (Å²) >= 11 is 0. The van der Waals surface area contributed by atoms with Gasteiger partial charge in [0, 0.05) is 63.1 Å². The number of piperazine rings is 2. The highest BCUT2D eigenvalue weighted by molar-refractivity contribution is 5.93. The smallest absolute Gasteiger partial charge is 0.251 e. The van der Waals surface area contributed by atoms with Gasteiger partial charge in [0.2, 0.25) is 0 Å². The lowest BCUT2D eigenvalue weighted by Gasteiger charge is -2.37. The molecule has 14 heteroatoms. The first-order valence-electron chi connectivity index (χ1n) is 19.9. The summed E-state index contributed by atoms with van der Waals surface area (Å²) < 4.78 is 28.9. The van der Waals surface area contributed by atoms with Crippen molar-refractivity contribution in [1.82, 2.24) is 30.2 Å². The maximum atomic E-state index is 14.6. The van der Waals surface area contributed by atoms with Crippen LogP contribution in [0.3, 0.4) is 0 Å². The Morgan fingerprint density at radius 2 is 1.15 bits per heavy atom. The van der Waals surface area contributed by atoms with E-state index in [1.165, 1.54) is 36.4 Å². The lowest BCUT2D eigenvalue weighted by atomic mass is 9.89. The second-order valence-corrected chi connectivity index (χ2v) is 16.4. The molecule has 2 aromatic heterocycles. The number of aliphatic hydroxyl groups excluding tert-OH is 1. The lowest BCUT2D eigenvalue weighted by Crippen LogP contribution is -2.52.